The molecule has 2 nitrogen and oxygen atoms in total. The van der Waals surface area contributed by atoms with Crippen molar-refractivity contribution in [2.45, 2.75) is 58.6 Å². The average Bonchev–Trinajstić information content (AvgIpc) is 2.14. The summed E-state index contributed by atoms with van der Waals surface area (Å²) in [4.78, 5) is 0. The van der Waals surface area contributed by atoms with Gasteiger partial charge in [0.15, 0.2) is 0 Å². The van der Waals surface area contributed by atoms with Crippen LogP contribution in [0.15, 0.2) is 0 Å². The Hall–Kier alpha value is -0.0800. The summed E-state index contributed by atoms with van der Waals surface area (Å²) in [5.74, 6) is 0. The number of methoxy groups -OCH3 is 1. The molecule has 0 aliphatic rings. The van der Waals surface area contributed by atoms with Crippen molar-refractivity contribution >= 4 is 0 Å². The third-order valence-electron chi connectivity index (χ3n) is 2.42. The average molecular weight is 187 g/mol. The van der Waals surface area contributed by atoms with Gasteiger partial charge >= 0.3 is 0 Å². The molecule has 2 heteroatoms. The standard InChI is InChI=1S/C11H25NO/c1-5-7-8-11(12-6-2)9-10(3)13-4/h10-12H,5-9H2,1-4H3. The monoisotopic (exact) mass is 187 g/mol. The largest absolute Gasteiger partial charge is 0.382 e. The van der Waals surface area contributed by atoms with Gasteiger partial charge in [0.2, 0.25) is 0 Å². The zero-order valence-corrected chi connectivity index (χ0v) is 9.60. The van der Waals surface area contributed by atoms with Crippen molar-refractivity contribution in [3.8, 4) is 0 Å². The van der Waals surface area contributed by atoms with E-state index in [-0.39, 0.29) is 0 Å². The summed E-state index contributed by atoms with van der Waals surface area (Å²) >= 11 is 0. The van der Waals surface area contributed by atoms with Crippen LogP contribution in [-0.2, 0) is 4.74 Å². The van der Waals surface area contributed by atoms with Gasteiger partial charge in [-0.1, -0.05) is 26.7 Å². The van der Waals surface area contributed by atoms with E-state index in [1.165, 1.54) is 19.3 Å². The fourth-order valence-electron chi connectivity index (χ4n) is 1.54. The summed E-state index contributed by atoms with van der Waals surface area (Å²) in [6.45, 7) is 7.60. The number of rotatable bonds is 8. The normalized spacial score (nSPS) is 15.7. The van der Waals surface area contributed by atoms with E-state index in [1.807, 2.05) is 0 Å². The first-order chi connectivity index (χ1) is 6.24. The van der Waals surface area contributed by atoms with Gasteiger partial charge in [-0.05, 0) is 26.3 Å². The lowest BCUT2D eigenvalue weighted by atomic mass is 10.0. The molecule has 0 spiro atoms. The van der Waals surface area contributed by atoms with Crippen LogP contribution in [0.2, 0.25) is 0 Å². The van der Waals surface area contributed by atoms with Gasteiger partial charge in [0.25, 0.3) is 0 Å². The van der Waals surface area contributed by atoms with Crippen molar-refractivity contribution in [2.24, 2.45) is 0 Å². The molecule has 0 rings (SSSR count). The predicted molar refractivity (Wildman–Crippen MR) is 58.1 cm³/mol. The molecule has 0 amide bonds. The van der Waals surface area contributed by atoms with E-state index in [0.717, 1.165) is 13.0 Å². The highest BCUT2D eigenvalue weighted by atomic mass is 16.5. The SMILES string of the molecule is CCCCC(CC(C)OC)NCC. The Labute approximate surface area is 83.1 Å². The molecule has 0 saturated carbocycles. The molecule has 2 atom stereocenters. The van der Waals surface area contributed by atoms with Gasteiger partial charge in [-0.2, -0.15) is 0 Å². The zero-order valence-electron chi connectivity index (χ0n) is 9.60. The van der Waals surface area contributed by atoms with Crippen molar-refractivity contribution in [2.75, 3.05) is 13.7 Å². The van der Waals surface area contributed by atoms with Crippen LogP contribution in [0.4, 0.5) is 0 Å². The predicted octanol–water partition coefficient (Wildman–Crippen LogP) is 2.58. The van der Waals surface area contributed by atoms with Gasteiger partial charge in [-0.3, -0.25) is 0 Å². The van der Waals surface area contributed by atoms with Crippen molar-refractivity contribution < 1.29 is 4.74 Å². The Morgan fingerprint density at radius 2 is 2.00 bits per heavy atom. The minimum Gasteiger partial charge on any atom is -0.382 e. The van der Waals surface area contributed by atoms with Crippen molar-refractivity contribution in [1.82, 2.24) is 5.32 Å². The Bertz CT molecular complexity index is 106. The second-order valence-electron chi connectivity index (χ2n) is 3.68. The molecule has 0 bridgehead atoms. The van der Waals surface area contributed by atoms with Crippen molar-refractivity contribution in [3.05, 3.63) is 0 Å². The number of hydrogen-bond donors (Lipinski definition) is 1. The first kappa shape index (κ1) is 12.9. The molecule has 0 aliphatic carbocycles. The van der Waals surface area contributed by atoms with Crippen LogP contribution in [0.25, 0.3) is 0 Å². The number of nitrogens with one attached hydrogen (secondary N) is 1. The molecule has 0 aromatic carbocycles. The molecular weight excluding hydrogens is 162 g/mol. The number of ether oxygens (including phenoxy) is 1. The minimum atomic E-state index is 0.376. The molecule has 0 saturated heterocycles. The van der Waals surface area contributed by atoms with Crippen LogP contribution in [0.5, 0.6) is 0 Å². The summed E-state index contributed by atoms with van der Waals surface area (Å²) < 4.78 is 5.27. The molecule has 0 fully saturated rings. The minimum absolute atomic E-state index is 0.376. The summed E-state index contributed by atoms with van der Waals surface area (Å²) in [6, 6.07) is 0.639. The maximum absolute atomic E-state index is 5.27. The number of hydrogen-bond acceptors (Lipinski definition) is 2. The third-order valence-corrected chi connectivity index (χ3v) is 2.42. The summed E-state index contributed by atoms with van der Waals surface area (Å²) in [5, 5.41) is 3.50. The quantitative estimate of drug-likeness (QED) is 0.630. The van der Waals surface area contributed by atoms with Gasteiger partial charge in [0, 0.05) is 13.2 Å². The molecule has 13 heavy (non-hydrogen) atoms. The second kappa shape index (κ2) is 8.52. The summed E-state index contributed by atoms with van der Waals surface area (Å²) in [5.41, 5.74) is 0. The van der Waals surface area contributed by atoms with Gasteiger partial charge in [-0.25, -0.2) is 0 Å². The third kappa shape index (κ3) is 7.03. The van der Waals surface area contributed by atoms with E-state index in [9.17, 15) is 0 Å². The van der Waals surface area contributed by atoms with E-state index in [1.54, 1.807) is 7.11 Å². The van der Waals surface area contributed by atoms with Crippen LogP contribution < -0.4 is 5.32 Å². The lowest BCUT2D eigenvalue weighted by Crippen LogP contribution is -2.32. The van der Waals surface area contributed by atoms with E-state index in [4.69, 9.17) is 4.74 Å². The molecule has 0 aliphatic heterocycles. The second-order valence-corrected chi connectivity index (χ2v) is 3.68. The fourth-order valence-corrected chi connectivity index (χ4v) is 1.54. The van der Waals surface area contributed by atoms with Crippen LogP contribution in [0, 0.1) is 0 Å². The van der Waals surface area contributed by atoms with Gasteiger partial charge < -0.3 is 10.1 Å². The van der Waals surface area contributed by atoms with Gasteiger partial charge in [0.05, 0.1) is 6.10 Å². The van der Waals surface area contributed by atoms with Crippen LogP contribution in [0.1, 0.15) is 46.5 Å². The Kier molecular flexibility index (Phi) is 8.46. The maximum atomic E-state index is 5.27. The van der Waals surface area contributed by atoms with Crippen LogP contribution in [0.3, 0.4) is 0 Å². The topological polar surface area (TPSA) is 21.3 Å². The maximum Gasteiger partial charge on any atom is 0.0558 e. The van der Waals surface area contributed by atoms with Crippen molar-refractivity contribution in [3.63, 3.8) is 0 Å². The molecule has 0 radical (unpaired) electrons. The van der Waals surface area contributed by atoms with Gasteiger partial charge in [0.1, 0.15) is 0 Å². The van der Waals surface area contributed by atoms with Crippen LogP contribution >= 0.6 is 0 Å². The summed E-state index contributed by atoms with van der Waals surface area (Å²) in [7, 11) is 1.79. The highest BCUT2D eigenvalue weighted by Crippen LogP contribution is 2.08. The lowest BCUT2D eigenvalue weighted by Gasteiger charge is -2.20. The van der Waals surface area contributed by atoms with Gasteiger partial charge in [-0.15, -0.1) is 0 Å². The fraction of sp³-hybridized carbons (Fsp3) is 1.00. The van der Waals surface area contributed by atoms with E-state index < -0.39 is 0 Å². The first-order valence-electron chi connectivity index (χ1n) is 5.50. The molecule has 80 valence electrons. The molecule has 0 aromatic heterocycles. The molecule has 0 heterocycles. The zero-order chi connectivity index (χ0) is 10.1. The molecule has 1 N–H and O–H groups in total. The van der Waals surface area contributed by atoms with Crippen LogP contribution in [-0.4, -0.2) is 25.8 Å². The molecular formula is C11H25NO. The highest BCUT2D eigenvalue weighted by Gasteiger charge is 2.10. The highest BCUT2D eigenvalue weighted by molar-refractivity contribution is 4.69. The van der Waals surface area contributed by atoms with E-state index in [0.29, 0.717) is 12.1 Å². The van der Waals surface area contributed by atoms with Crippen molar-refractivity contribution in [1.29, 1.82) is 0 Å². The number of unbranched alkanes of at least 4 members (excludes halogenated alkanes) is 1. The molecule has 2 unspecified atom stereocenters. The first-order valence-corrected chi connectivity index (χ1v) is 5.50. The Morgan fingerprint density at radius 3 is 2.46 bits per heavy atom. The Morgan fingerprint density at radius 1 is 1.31 bits per heavy atom. The molecule has 0 aromatic rings. The smallest absolute Gasteiger partial charge is 0.0558 e. The van der Waals surface area contributed by atoms with E-state index >= 15 is 0 Å². The summed E-state index contributed by atoms with van der Waals surface area (Å²) in [6.07, 6.45) is 5.38. The van der Waals surface area contributed by atoms with E-state index in [2.05, 4.69) is 26.1 Å². The Balaban J connectivity index is 3.65. The lowest BCUT2D eigenvalue weighted by molar-refractivity contribution is 0.0992.